The molecule has 1 aliphatic heterocycles. The maximum Gasteiger partial charge on any atom is 0.341 e. The zero-order valence-electron chi connectivity index (χ0n) is 16.8. The van der Waals surface area contributed by atoms with Crippen LogP contribution in [0.25, 0.3) is 0 Å². The quantitative estimate of drug-likeness (QED) is 0.708. The van der Waals surface area contributed by atoms with Crippen molar-refractivity contribution < 1.29 is 19.1 Å². The van der Waals surface area contributed by atoms with Gasteiger partial charge in [0.05, 0.1) is 23.6 Å². The molecule has 154 valence electrons. The van der Waals surface area contributed by atoms with Crippen LogP contribution in [0.2, 0.25) is 0 Å². The van der Waals surface area contributed by atoms with Crippen LogP contribution in [-0.4, -0.2) is 44.5 Å². The lowest BCUT2D eigenvalue weighted by atomic mass is 10.0. The van der Waals surface area contributed by atoms with Crippen molar-refractivity contribution in [3.05, 3.63) is 45.8 Å². The van der Waals surface area contributed by atoms with E-state index in [0.717, 1.165) is 36.4 Å². The largest absolute Gasteiger partial charge is 0.462 e. The molecule has 0 aliphatic carbocycles. The molecule has 2 N–H and O–H groups in total. The van der Waals surface area contributed by atoms with Gasteiger partial charge in [0.1, 0.15) is 5.00 Å². The molecule has 0 radical (unpaired) electrons. The van der Waals surface area contributed by atoms with Crippen molar-refractivity contribution in [2.24, 2.45) is 0 Å². The molecule has 0 saturated heterocycles. The van der Waals surface area contributed by atoms with Crippen molar-refractivity contribution in [2.45, 2.75) is 26.7 Å². The summed E-state index contributed by atoms with van der Waals surface area (Å²) in [5, 5.41) is 5.73. The summed E-state index contributed by atoms with van der Waals surface area (Å²) in [4.78, 5) is 39.8. The Morgan fingerprint density at radius 3 is 2.72 bits per heavy atom. The van der Waals surface area contributed by atoms with E-state index < -0.39 is 5.97 Å². The predicted octanol–water partition coefficient (Wildman–Crippen LogP) is 2.98. The van der Waals surface area contributed by atoms with Crippen molar-refractivity contribution in [2.75, 3.05) is 37.0 Å². The van der Waals surface area contributed by atoms with E-state index in [2.05, 4.69) is 16.7 Å². The van der Waals surface area contributed by atoms with Crippen molar-refractivity contribution >= 4 is 39.8 Å². The van der Waals surface area contributed by atoms with Gasteiger partial charge in [-0.1, -0.05) is 18.2 Å². The molecule has 0 saturated carbocycles. The molecular formula is C21H25N3O4S. The summed E-state index contributed by atoms with van der Waals surface area (Å²) in [6.45, 7) is 4.57. The average Bonchev–Trinajstić information content (AvgIpc) is 3.03. The van der Waals surface area contributed by atoms with Crippen LogP contribution in [0.5, 0.6) is 0 Å². The SMILES string of the molecule is CCOC(=O)c1c(NC(=O)CN2CCCc3ccccc32)sc(C(=O)NC)c1C. The van der Waals surface area contributed by atoms with E-state index in [4.69, 9.17) is 4.74 Å². The minimum atomic E-state index is -0.546. The van der Waals surface area contributed by atoms with Gasteiger partial charge >= 0.3 is 5.97 Å². The number of esters is 1. The lowest BCUT2D eigenvalue weighted by molar-refractivity contribution is -0.115. The third-order valence-electron chi connectivity index (χ3n) is 4.85. The highest BCUT2D eigenvalue weighted by molar-refractivity contribution is 7.18. The number of para-hydroxylation sites is 1. The lowest BCUT2D eigenvalue weighted by Gasteiger charge is -2.30. The van der Waals surface area contributed by atoms with Crippen LogP contribution in [0.4, 0.5) is 10.7 Å². The van der Waals surface area contributed by atoms with E-state index in [-0.39, 0.29) is 30.5 Å². The Balaban J connectivity index is 1.83. The van der Waals surface area contributed by atoms with Crippen molar-refractivity contribution in [1.82, 2.24) is 5.32 Å². The summed E-state index contributed by atoms with van der Waals surface area (Å²) in [5.41, 5.74) is 3.04. The van der Waals surface area contributed by atoms with Crippen LogP contribution in [0.15, 0.2) is 24.3 Å². The van der Waals surface area contributed by atoms with Crippen LogP contribution >= 0.6 is 11.3 Å². The molecule has 0 fully saturated rings. The molecular weight excluding hydrogens is 390 g/mol. The molecule has 0 unspecified atom stereocenters. The third-order valence-corrected chi connectivity index (χ3v) is 6.06. The Bertz CT molecular complexity index is 938. The van der Waals surface area contributed by atoms with E-state index >= 15 is 0 Å². The van der Waals surface area contributed by atoms with Gasteiger partial charge in [0.15, 0.2) is 0 Å². The van der Waals surface area contributed by atoms with E-state index in [1.54, 1.807) is 13.8 Å². The van der Waals surface area contributed by atoms with Crippen molar-refractivity contribution in [1.29, 1.82) is 0 Å². The van der Waals surface area contributed by atoms with Crippen LogP contribution in [0.1, 0.15) is 44.5 Å². The highest BCUT2D eigenvalue weighted by Crippen LogP contribution is 2.34. The Kier molecular flexibility index (Phi) is 6.53. The molecule has 2 aromatic rings. The number of carbonyl (C=O) groups excluding carboxylic acids is 3. The minimum absolute atomic E-state index is 0.172. The fourth-order valence-corrected chi connectivity index (χ4v) is 4.65. The Labute approximate surface area is 174 Å². The van der Waals surface area contributed by atoms with Crippen LogP contribution < -0.4 is 15.5 Å². The smallest absolute Gasteiger partial charge is 0.341 e. The fraction of sp³-hybridized carbons (Fsp3) is 0.381. The zero-order chi connectivity index (χ0) is 21.0. The summed E-state index contributed by atoms with van der Waals surface area (Å²) < 4.78 is 5.13. The summed E-state index contributed by atoms with van der Waals surface area (Å²) in [6.07, 6.45) is 1.98. The van der Waals surface area contributed by atoms with Gasteiger partial charge in [-0.15, -0.1) is 11.3 Å². The highest BCUT2D eigenvalue weighted by Gasteiger charge is 2.27. The monoisotopic (exact) mass is 415 g/mol. The molecule has 29 heavy (non-hydrogen) atoms. The summed E-state index contributed by atoms with van der Waals surface area (Å²) >= 11 is 1.09. The topological polar surface area (TPSA) is 87.7 Å². The van der Waals surface area contributed by atoms with Crippen LogP contribution in [0.3, 0.4) is 0 Å². The molecule has 1 aliphatic rings. The second-order valence-corrected chi connectivity index (χ2v) is 7.78. The number of nitrogens with one attached hydrogen (secondary N) is 2. The van der Waals surface area contributed by atoms with E-state index in [0.29, 0.717) is 15.4 Å². The summed E-state index contributed by atoms with van der Waals surface area (Å²) in [5.74, 6) is -1.09. The maximum atomic E-state index is 12.8. The van der Waals surface area contributed by atoms with Crippen molar-refractivity contribution in [3.63, 3.8) is 0 Å². The molecule has 0 spiro atoms. The summed E-state index contributed by atoms with van der Waals surface area (Å²) in [7, 11) is 1.53. The number of hydrogen-bond acceptors (Lipinski definition) is 6. The molecule has 0 bridgehead atoms. The first-order chi connectivity index (χ1) is 14.0. The average molecular weight is 416 g/mol. The predicted molar refractivity (Wildman–Crippen MR) is 114 cm³/mol. The van der Waals surface area contributed by atoms with E-state index in [9.17, 15) is 14.4 Å². The number of thiophene rings is 1. The number of aryl methyl sites for hydroxylation is 1. The fourth-order valence-electron chi connectivity index (χ4n) is 3.50. The Morgan fingerprint density at radius 1 is 1.24 bits per heavy atom. The van der Waals surface area contributed by atoms with Crippen LogP contribution in [0, 0.1) is 6.92 Å². The number of nitrogens with zero attached hydrogens (tertiary/aromatic N) is 1. The molecule has 7 nitrogen and oxygen atoms in total. The second kappa shape index (κ2) is 9.09. The number of fused-ring (bicyclic) bond motifs is 1. The van der Waals surface area contributed by atoms with Gasteiger partial charge in [0.25, 0.3) is 5.91 Å². The molecule has 3 rings (SSSR count). The van der Waals surface area contributed by atoms with Crippen LogP contribution in [-0.2, 0) is 16.0 Å². The molecule has 1 aromatic carbocycles. The van der Waals surface area contributed by atoms with Gasteiger partial charge < -0.3 is 20.3 Å². The number of hydrogen-bond donors (Lipinski definition) is 2. The van der Waals surface area contributed by atoms with E-state index in [1.807, 2.05) is 23.1 Å². The minimum Gasteiger partial charge on any atom is -0.462 e. The number of rotatable bonds is 6. The van der Waals surface area contributed by atoms with Gasteiger partial charge in [-0.3, -0.25) is 9.59 Å². The van der Waals surface area contributed by atoms with Gasteiger partial charge in [-0.2, -0.15) is 0 Å². The number of anilines is 2. The first kappa shape index (κ1) is 20.9. The number of benzene rings is 1. The molecule has 8 heteroatoms. The number of ether oxygens (including phenoxy) is 1. The Morgan fingerprint density at radius 2 is 2.00 bits per heavy atom. The Hall–Kier alpha value is -2.87. The molecule has 2 amide bonds. The number of amides is 2. The second-order valence-electron chi connectivity index (χ2n) is 6.76. The first-order valence-electron chi connectivity index (χ1n) is 9.61. The van der Waals surface area contributed by atoms with Gasteiger partial charge in [-0.05, 0) is 43.9 Å². The van der Waals surface area contributed by atoms with Crippen molar-refractivity contribution in [3.8, 4) is 0 Å². The molecule has 1 aromatic heterocycles. The molecule has 0 atom stereocenters. The first-order valence-corrected chi connectivity index (χ1v) is 10.4. The molecule has 2 heterocycles. The van der Waals surface area contributed by atoms with Gasteiger partial charge in [0, 0.05) is 19.3 Å². The lowest BCUT2D eigenvalue weighted by Crippen LogP contribution is -2.36. The van der Waals surface area contributed by atoms with E-state index in [1.165, 1.54) is 12.6 Å². The van der Waals surface area contributed by atoms with Gasteiger partial charge in [0.2, 0.25) is 5.91 Å². The normalized spacial score (nSPS) is 12.9. The number of carbonyl (C=O) groups is 3. The zero-order valence-corrected chi connectivity index (χ0v) is 17.6. The summed E-state index contributed by atoms with van der Waals surface area (Å²) in [6, 6.07) is 8.07. The third kappa shape index (κ3) is 4.42. The standard InChI is InChI=1S/C21H25N3O4S/c1-4-28-21(27)17-13(2)18(19(26)22-3)29-20(17)23-16(25)12-24-11-7-9-14-8-5-6-10-15(14)24/h5-6,8,10H,4,7,9,11-12H2,1-3H3,(H,22,26)(H,23,25). The van der Waals surface area contributed by atoms with Gasteiger partial charge in [-0.25, -0.2) is 4.79 Å². The highest BCUT2D eigenvalue weighted by atomic mass is 32.1. The maximum absolute atomic E-state index is 12.8.